The zero-order valence-corrected chi connectivity index (χ0v) is 15.3. The van der Waals surface area contributed by atoms with E-state index in [0.717, 1.165) is 11.1 Å². The summed E-state index contributed by atoms with van der Waals surface area (Å²) in [5.41, 5.74) is 1.07. The van der Waals surface area contributed by atoms with Crippen molar-refractivity contribution in [2.24, 2.45) is 0 Å². The van der Waals surface area contributed by atoms with Gasteiger partial charge in [-0.15, -0.1) is 6.58 Å². The molecule has 0 bridgehead atoms. The molecule has 1 nitrogen and oxygen atoms in total. The third-order valence-electron chi connectivity index (χ3n) is 4.01. The van der Waals surface area contributed by atoms with Gasteiger partial charge in [0.15, 0.2) is 0 Å². The Kier molecular flexibility index (Phi) is 5.40. The van der Waals surface area contributed by atoms with Crippen LogP contribution in [0.3, 0.4) is 0 Å². The Morgan fingerprint density at radius 1 is 1.00 bits per heavy atom. The van der Waals surface area contributed by atoms with Gasteiger partial charge >= 0.3 is 0 Å². The molecule has 23 heavy (non-hydrogen) atoms. The molecule has 1 N–H and O–H groups in total. The van der Waals surface area contributed by atoms with Crippen LogP contribution < -0.4 is 5.19 Å². The molecule has 2 aromatic rings. The van der Waals surface area contributed by atoms with Crippen molar-refractivity contribution in [1.82, 2.24) is 0 Å². The fraction of sp³-hybridized carbons (Fsp3) is 0.238. The van der Waals surface area contributed by atoms with Gasteiger partial charge in [0.1, 0.15) is 5.60 Å². The quantitative estimate of drug-likeness (QED) is 0.603. The van der Waals surface area contributed by atoms with E-state index in [4.69, 9.17) is 0 Å². The minimum atomic E-state index is -1.55. The van der Waals surface area contributed by atoms with Crippen LogP contribution in [0.4, 0.5) is 0 Å². The summed E-state index contributed by atoms with van der Waals surface area (Å²) in [6, 6.07) is 18.3. The normalized spacial score (nSPS) is 14.6. The standard InChI is InChI=1S/C21H26OSi/c1-5-16-21(22,17-15-18-11-7-6-8-12-18)19-13-9-10-14-20(19)23(2,3)4/h5-15,17,22H,1,16H2,2-4H3/b17-15+/t21-/m0/s1. The van der Waals surface area contributed by atoms with Crippen LogP contribution >= 0.6 is 0 Å². The molecule has 120 valence electrons. The maximum absolute atomic E-state index is 11.4. The lowest BCUT2D eigenvalue weighted by Gasteiger charge is -2.31. The molecule has 0 aliphatic carbocycles. The van der Waals surface area contributed by atoms with Gasteiger partial charge in [-0.25, -0.2) is 0 Å². The first-order chi connectivity index (χ1) is 10.9. The van der Waals surface area contributed by atoms with Crippen LogP contribution in [0.5, 0.6) is 0 Å². The van der Waals surface area contributed by atoms with Crippen LogP contribution in [0.2, 0.25) is 19.6 Å². The van der Waals surface area contributed by atoms with E-state index >= 15 is 0 Å². The summed E-state index contributed by atoms with van der Waals surface area (Å²) < 4.78 is 0. The summed E-state index contributed by atoms with van der Waals surface area (Å²) >= 11 is 0. The van der Waals surface area contributed by atoms with Gasteiger partial charge in [0.2, 0.25) is 0 Å². The lowest BCUT2D eigenvalue weighted by molar-refractivity contribution is 0.0948. The first-order valence-electron chi connectivity index (χ1n) is 8.04. The molecule has 0 radical (unpaired) electrons. The van der Waals surface area contributed by atoms with E-state index in [1.54, 1.807) is 6.08 Å². The highest BCUT2D eigenvalue weighted by Gasteiger charge is 2.31. The zero-order valence-electron chi connectivity index (χ0n) is 14.3. The van der Waals surface area contributed by atoms with E-state index < -0.39 is 13.7 Å². The van der Waals surface area contributed by atoms with Crippen LogP contribution in [0, 0.1) is 0 Å². The molecule has 0 spiro atoms. The number of aliphatic hydroxyl groups is 1. The second-order valence-electron chi connectivity index (χ2n) is 6.96. The average molecular weight is 323 g/mol. The molecular weight excluding hydrogens is 296 g/mol. The lowest BCUT2D eigenvalue weighted by atomic mass is 9.89. The molecule has 1 atom stereocenters. The van der Waals surface area contributed by atoms with E-state index in [1.807, 2.05) is 54.6 Å². The van der Waals surface area contributed by atoms with Gasteiger partial charge in [-0.2, -0.15) is 0 Å². The number of hydrogen-bond acceptors (Lipinski definition) is 1. The van der Waals surface area contributed by atoms with E-state index in [0.29, 0.717) is 6.42 Å². The third-order valence-corrected chi connectivity index (χ3v) is 6.06. The molecule has 0 aliphatic rings. The highest BCUT2D eigenvalue weighted by Crippen LogP contribution is 2.28. The van der Waals surface area contributed by atoms with Crippen LogP contribution in [0.25, 0.3) is 6.08 Å². The molecule has 0 saturated heterocycles. The minimum Gasteiger partial charge on any atom is -0.381 e. The smallest absolute Gasteiger partial charge is 0.111 e. The Morgan fingerprint density at radius 3 is 2.22 bits per heavy atom. The summed E-state index contributed by atoms with van der Waals surface area (Å²) in [4.78, 5) is 0. The van der Waals surface area contributed by atoms with Crippen molar-refractivity contribution in [3.63, 3.8) is 0 Å². The molecule has 2 rings (SSSR count). The predicted octanol–water partition coefficient (Wildman–Crippen LogP) is 4.71. The van der Waals surface area contributed by atoms with Crippen molar-refractivity contribution in [3.8, 4) is 0 Å². The summed E-state index contributed by atoms with van der Waals surface area (Å²) in [5.74, 6) is 0. The molecule has 0 aliphatic heterocycles. The van der Waals surface area contributed by atoms with Gasteiger partial charge in [0.25, 0.3) is 0 Å². The first-order valence-corrected chi connectivity index (χ1v) is 11.5. The number of rotatable bonds is 6. The van der Waals surface area contributed by atoms with Gasteiger partial charge in [-0.05, 0) is 17.2 Å². The monoisotopic (exact) mass is 322 g/mol. The fourth-order valence-corrected chi connectivity index (χ4v) is 4.50. The second kappa shape index (κ2) is 7.11. The summed E-state index contributed by atoms with van der Waals surface area (Å²) in [7, 11) is -1.55. The second-order valence-corrected chi connectivity index (χ2v) is 12.0. The average Bonchev–Trinajstić information content (AvgIpc) is 2.53. The van der Waals surface area contributed by atoms with Crippen LogP contribution in [-0.2, 0) is 5.60 Å². The molecule has 0 amide bonds. The molecule has 0 saturated carbocycles. The highest BCUT2D eigenvalue weighted by molar-refractivity contribution is 6.89. The molecule has 0 fully saturated rings. The lowest BCUT2D eigenvalue weighted by Crippen LogP contribution is -2.44. The van der Waals surface area contributed by atoms with Crippen LogP contribution in [-0.4, -0.2) is 13.2 Å². The van der Waals surface area contributed by atoms with E-state index in [1.165, 1.54) is 5.19 Å². The Labute approximate surface area is 141 Å². The predicted molar refractivity (Wildman–Crippen MR) is 104 cm³/mol. The molecule has 0 heterocycles. The van der Waals surface area contributed by atoms with Crippen molar-refractivity contribution in [2.45, 2.75) is 31.7 Å². The fourth-order valence-electron chi connectivity index (χ4n) is 2.80. The Bertz CT molecular complexity index is 682. The van der Waals surface area contributed by atoms with Crippen molar-refractivity contribution in [2.75, 3.05) is 0 Å². The molecule has 2 aromatic carbocycles. The van der Waals surface area contributed by atoms with Crippen LogP contribution in [0.15, 0.2) is 73.3 Å². The van der Waals surface area contributed by atoms with E-state index in [-0.39, 0.29) is 0 Å². The van der Waals surface area contributed by atoms with Crippen molar-refractivity contribution in [3.05, 3.63) is 84.5 Å². The summed E-state index contributed by atoms with van der Waals surface area (Å²) in [5, 5.41) is 12.6. The highest BCUT2D eigenvalue weighted by atomic mass is 28.3. The molecule has 2 heteroatoms. The summed E-state index contributed by atoms with van der Waals surface area (Å²) in [6.07, 6.45) is 6.18. The van der Waals surface area contributed by atoms with Gasteiger partial charge < -0.3 is 5.11 Å². The van der Waals surface area contributed by atoms with Gasteiger partial charge in [-0.1, -0.05) is 91.6 Å². The van der Waals surface area contributed by atoms with Gasteiger partial charge in [-0.3, -0.25) is 0 Å². The first kappa shape index (κ1) is 17.5. The SMILES string of the molecule is C=CC[C@](O)(/C=C/c1ccccc1)c1ccccc1[Si](C)(C)C. The van der Waals surface area contributed by atoms with Crippen LogP contribution in [0.1, 0.15) is 17.5 Å². The Balaban J connectivity index is 2.50. The Hall–Kier alpha value is -1.90. The maximum atomic E-state index is 11.4. The minimum absolute atomic E-state index is 0.498. The Morgan fingerprint density at radius 2 is 1.61 bits per heavy atom. The third kappa shape index (κ3) is 4.31. The van der Waals surface area contributed by atoms with Crippen molar-refractivity contribution in [1.29, 1.82) is 0 Å². The molecule has 0 unspecified atom stereocenters. The van der Waals surface area contributed by atoms with Crippen molar-refractivity contribution >= 4 is 19.3 Å². The van der Waals surface area contributed by atoms with Gasteiger partial charge in [0.05, 0.1) is 8.07 Å². The number of benzene rings is 2. The molecular formula is C21H26OSi. The summed E-state index contributed by atoms with van der Waals surface area (Å²) in [6.45, 7) is 10.8. The molecule has 0 aromatic heterocycles. The van der Waals surface area contributed by atoms with Gasteiger partial charge in [0, 0.05) is 6.42 Å². The van der Waals surface area contributed by atoms with E-state index in [9.17, 15) is 5.11 Å². The topological polar surface area (TPSA) is 20.2 Å². The van der Waals surface area contributed by atoms with Crippen molar-refractivity contribution < 1.29 is 5.11 Å². The number of hydrogen-bond donors (Lipinski definition) is 1. The largest absolute Gasteiger partial charge is 0.381 e. The van der Waals surface area contributed by atoms with E-state index in [2.05, 4.69) is 38.4 Å². The maximum Gasteiger partial charge on any atom is 0.111 e. The zero-order chi connectivity index (χ0) is 16.9.